The lowest BCUT2D eigenvalue weighted by molar-refractivity contribution is -0.385. The molecule has 2 aromatic rings. The Kier molecular flexibility index (Phi) is 4.67. The molecule has 0 atom stereocenters. The molecule has 0 fully saturated rings. The number of halogens is 1. The van der Waals surface area contributed by atoms with Gasteiger partial charge in [0, 0.05) is 32.4 Å². The van der Waals surface area contributed by atoms with E-state index in [1.54, 1.807) is 17.8 Å². The monoisotopic (exact) mass is 352 g/mol. The van der Waals surface area contributed by atoms with Crippen LogP contribution in [0.3, 0.4) is 0 Å². The summed E-state index contributed by atoms with van der Waals surface area (Å²) in [7, 11) is 0. The molecule has 0 amide bonds. The number of hydrogen-bond acceptors (Lipinski definition) is 4. The van der Waals surface area contributed by atoms with Crippen molar-refractivity contribution in [1.82, 2.24) is 0 Å². The fraction of sp³-hybridized carbons (Fsp3) is 0.143. The zero-order chi connectivity index (χ0) is 14.7. The van der Waals surface area contributed by atoms with E-state index in [4.69, 9.17) is 5.73 Å². The van der Waals surface area contributed by atoms with Crippen molar-refractivity contribution < 1.29 is 4.92 Å². The first-order valence-electron chi connectivity index (χ1n) is 5.89. The van der Waals surface area contributed by atoms with E-state index in [1.807, 2.05) is 31.2 Å². The predicted octanol–water partition coefficient (Wildman–Crippen LogP) is 4.54. The molecule has 0 bridgehead atoms. The largest absolute Gasteiger partial charge is 0.399 e. The molecule has 0 heterocycles. The molecule has 0 spiro atoms. The van der Waals surface area contributed by atoms with Crippen molar-refractivity contribution in [1.29, 1.82) is 0 Å². The van der Waals surface area contributed by atoms with Crippen LogP contribution in [0.15, 0.2) is 45.8 Å². The quantitative estimate of drug-likeness (QED) is 0.379. The SMILES string of the molecule is Cc1cc(N)ccc1SCc1ccc(Br)cc1[N+](=O)[O-]. The van der Waals surface area contributed by atoms with Crippen molar-refractivity contribution in [2.75, 3.05) is 5.73 Å². The number of nitrogens with two attached hydrogens (primary N) is 1. The topological polar surface area (TPSA) is 69.2 Å². The summed E-state index contributed by atoms with van der Waals surface area (Å²) in [5.41, 5.74) is 8.36. The van der Waals surface area contributed by atoms with Crippen molar-refractivity contribution in [2.24, 2.45) is 0 Å². The zero-order valence-electron chi connectivity index (χ0n) is 10.8. The fourth-order valence-corrected chi connectivity index (χ4v) is 3.17. The lowest BCUT2D eigenvalue weighted by atomic mass is 10.2. The Bertz CT molecular complexity index is 662. The molecule has 104 valence electrons. The summed E-state index contributed by atoms with van der Waals surface area (Å²) in [6.07, 6.45) is 0. The van der Waals surface area contributed by atoms with Gasteiger partial charge in [0.2, 0.25) is 0 Å². The first-order chi connectivity index (χ1) is 9.47. The minimum Gasteiger partial charge on any atom is -0.399 e. The summed E-state index contributed by atoms with van der Waals surface area (Å²) in [6, 6.07) is 10.8. The van der Waals surface area contributed by atoms with Crippen LogP contribution in [0.5, 0.6) is 0 Å². The van der Waals surface area contributed by atoms with E-state index in [0.717, 1.165) is 16.1 Å². The van der Waals surface area contributed by atoms with Gasteiger partial charge in [-0.3, -0.25) is 10.1 Å². The van der Waals surface area contributed by atoms with Crippen LogP contribution < -0.4 is 5.73 Å². The van der Waals surface area contributed by atoms with Gasteiger partial charge in [0.1, 0.15) is 0 Å². The van der Waals surface area contributed by atoms with E-state index in [0.29, 0.717) is 15.8 Å². The number of thioether (sulfide) groups is 1. The lowest BCUT2D eigenvalue weighted by Crippen LogP contribution is -1.94. The number of nitrogens with zero attached hydrogens (tertiary/aromatic N) is 1. The molecular weight excluding hydrogens is 340 g/mol. The smallest absolute Gasteiger partial charge is 0.274 e. The zero-order valence-corrected chi connectivity index (χ0v) is 13.2. The van der Waals surface area contributed by atoms with Crippen molar-refractivity contribution in [3.63, 3.8) is 0 Å². The number of aryl methyl sites for hydroxylation is 1. The second-order valence-electron chi connectivity index (χ2n) is 4.34. The van der Waals surface area contributed by atoms with Gasteiger partial charge < -0.3 is 5.73 Å². The molecule has 0 aliphatic heterocycles. The maximum atomic E-state index is 11.1. The molecule has 4 nitrogen and oxygen atoms in total. The average molecular weight is 353 g/mol. The molecular formula is C14H13BrN2O2S. The van der Waals surface area contributed by atoms with Crippen LogP contribution in [0.25, 0.3) is 0 Å². The highest BCUT2D eigenvalue weighted by Crippen LogP contribution is 2.32. The Morgan fingerprint density at radius 1 is 1.30 bits per heavy atom. The Morgan fingerprint density at radius 2 is 2.05 bits per heavy atom. The maximum absolute atomic E-state index is 11.1. The normalized spacial score (nSPS) is 10.5. The van der Waals surface area contributed by atoms with Gasteiger partial charge >= 0.3 is 0 Å². The van der Waals surface area contributed by atoms with Gasteiger partial charge in [0.25, 0.3) is 5.69 Å². The molecule has 2 rings (SSSR count). The number of anilines is 1. The molecule has 0 aliphatic carbocycles. The standard InChI is InChI=1S/C14H13BrN2O2S/c1-9-6-12(16)4-5-14(9)20-8-10-2-3-11(15)7-13(10)17(18)19/h2-7H,8,16H2,1H3. The van der Waals surface area contributed by atoms with Crippen LogP contribution in [0, 0.1) is 17.0 Å². The summed E-state index contributed by atoms with van der Waals surface area (Å²) in [4.78, 5) is 11.8. The Hall–Kier alpha value is -1.53. The van der Waals surface area contributed by atoms with E-state index in [2.05, 4.69) is 15.9 Å². The van der Waals surface area contributed by atoms with Crippen molar-refractivity contribution >= 4 is 39.1 Å². The number of hydrogen-bond donors (Lipinski definition) is 1. The van der Waals surface area contributed by atoms with Crippen molar-refractivity contribution in [3.05, 3.63) is 62.1 Å². The number of nitro benzene ring substituents is 1. The average Bonchev–Trinajstić information content (AvgIpc) is 2.38. The fourth-order valence-electron chi connectivity index (χ4n) is 1.82. The van der Waals surface area contributed by atoms with E-state index < -0.39 is 0 Å². The molecule has 0 saturated heterocycles. The van der Waals surface area contributed by atoms with Gasteiger partial charge in [-0.2, -0.15) is 0 Å². The van der Waals surface area contributed by atoms with Gasteiger partial charge in [-0.25, -0.2) is 0 Å². The summed E-state index contributed by atoms with van der Waals surface area (Å²) in [6.45, 7) is 1.98. The third-order valence-corrected chi connectivity index (χ3v) is 4.54. The van der Waals surface area contributed by atoms with Gasteiger partial charge in [-0.1, -0.05) is 22.0 Å². The van der Waals surface area contributed by atoms with Crippen LogP contribution in [-0.4, -0.2) is 4.92 Å². The van der Waals surface area contributed by atoms with Crippen LogP contribution in [0.4, 0.5) is 11.4 Å². The minimum atomic E-state index is -0.351. The summed E-state index contributed by atoms with van der Waals surface area (Å²) in [5.74, 6) is 0.550. The van der Waals surface area contributed by atoms with Gasteiger partial charge in [-0.05, 0) is 36.8 Å². The molecule has 0 unspecified atom stereocenters. The lowest BCUT2D eigenvalue weighted by Gasteiger charge is -2.07. The van der Waals surface area contributed by atoms with Crippen LogP contribution in [-0.2, 0) is 5.75 Å². The molecule has 6 heteroatoms. The molecule has 20 heavy (non-hydrogen) atoms. The van der Waals surface area contributed by atoms with E-state index >= 15 is 0 Å². The van der Waals surface area contributed by atoms with Crippen molar-refractivity contribution in [3.8, 4) is 0 Å². The summed E-state index contributed by atoms with van der Waals surface area (Å²) < 4.78 is 0.710. The molecule has 2 aromatic carbocycles. The Balaban J connectivity index is 2.20. The van der Waals surface area contributed by atoms with E-state index in [1.165, 1.54) is 6.07 Å². The van der Waals surface area contributed by atoms with E-state index in [-0.39, 0.29) is 10.6 Å². The Labute approximate surface area is 129 Å². The maximum Gasteiger partial charge on any atom is 0.274 e. The second kappa shape index (κ2) is 6.28. The van der Waals surface area contributed by atoms with Crippen LogP contribution >= 0.6 is 27.7 Å². The van der Waals surface area contributed by atoms with Gasteiger partial charge in [0.05, 0.1) is 4.92 Å². The van der Waals surface area contributed by atoms with Crippen LogP contribution in [0.1, 0.15) is 11.1 Å². The highest BCUT2D eigenvalue weighted by Gasteiger charge is 2.14. The molecule has 2 N–H and O–H groups in total. The first kappa shape index (κ1) is 14.9. The highest BCUT2D eigenvalue weighted by molar-refractivity contribution is 9.10. The first-order valence-corrected chi connectivity index (χ1v) is 7.67. The number of benzene rings is 2. The third-order valence-electron chi connectivity index (χ3n) is 2.83. The predicted molar refractivity (Wildman–Crippen MR) is 85.9 cm³/mol. The number of nitrogen functional groups attached to an aromatic ring is 1. The van der Waals surface area contributed by atoms with E-state index in [9.17, 15) is 10.1 Å². The van der Waals surface area contributed by atoms with Gasteiger partial charge in [-0.15, -0.1) is 11.8 Å². The number of nitro groups is 1. The molecule has 0 saturated carbocycles. The second-order valence-corrected chi connectivity index (χ2v) is 6.28. The molecule has 0 aromatic heterocycles. The summed E-state index contributed by atoms with van der Waals surface area (Å²) in [5, 5.41) is 11.1. The summed E-state index contributed by atoms with van der Waals surface area (Å²) >= 11 is 4.83. The van der Waals surface area contributed by atoms with Gasteiger partial charge in [0.15, 0.2) is 0 Å². The molecule has 0 radical (unpaired) electrons. The third kappa shape index (κ3) is 3.52. The van der Waals surface area contributed by atoms with Crippen molar-refractivity contribution in [2.45, 2.75) is 17.6 Å². The molecule has 0 aliphatic rings. The Morgan fingerprint density at radius 3 is 2.70 bits per heavy atom. The van der Waals surface area contributed by atoms with Crippen LogP contribution in [0.2, 0.25) is 0 Å². The minimum absolute atomic E-state index is 0.139. The number of rotatable bonds is 4. The highest BCUT2D eigenvalue weighted by atomic mass is 79.9.